The van der Waals surface area contributed by atoms with Gasteiger partial charge < -0.3 is 5.32 Å². The zero-order valence-electron chi connectivity index (χ0n) is 13.7. The van der Waals surface area contributed by atoms with Crippen LogP contribution in [0.15, 0.2) is 24.3 Å². The summed E-state index contributed by atoms with van der Waals surface area (Å²) in [6.45, 7) is 9.47. The first kappa shape index (κ1) is 16.4. The zero-order valence-corrected chi connectivity index (χ0v) is 13.7. The van der Waals surface area contributed by atoms with Crippen molar-refractivity contribution in [2.75, 3.05) is 13.1 Å². The fourth-order valence-corrected chi connectivity index (χ4v) is 3.41. The average molecular weight is 292 g/mol. The average Bonchev–Trinajstić information content (AvgIpc) is 2.51. The van der Waals surface area contributed by atoms with Crippen molar-refractivity contribution in [1.29, 1.82) is 0 Å². The summed E-state index contributed by atoms with van der Waals surface area (Å²) in [5.41, 5.74) is 1.01. The second-order valence-electron chi connectivity index (χ2n) is 6.31. The van der Waals surface area contributed by atoms with Crippen LogP contribution >= 0.6 is 0 Å². The maximum atomic E-state index is 14.0. The molecule has 21 heavy (non-hydrogen) atoms. The molecule has 1 atom stereocenters. The molecule has 1 aliphatic heterocycles. The van der Waals surface area contributed by atoms with E-state index in [2.05, 4.69) is 31.0 Å². The Morgan fingerprint density at radius 3 is 2.57 bits per heavy atom. The highest BCUT2D eigenvalue weighted by atomic mass is 19.1. The summed E-state index contributed by atoms with van der Waals surface area (Å²) >= 11 is 0. The van der Waals surface area contributed by atoms with Gasteiger partial charge in [0.1, 0.15) is 5.82 Å². The molecular weight excluding hydrogens is 263 g/mol. The molecule has 1 aromatic rings. The minimum Gasteiger partial charge on any atom is -0.308 e. The van der Waals surface area contributed by atoms with Gasteiger partial charge in [0.15, 0.2) is 0 Å². The van der Waals surface area contributed by atoms with E-state index < -0.39 is 0 Å². The van der Waals surface area contributed by atoms with Crippen molar-refractivity contribution in [3.05, 3.63) is 35.6 Å². The largest absolute Gasteiger partial charge is 0.308 e. The summed E-state index contributed by atoms with van der Waals surface area (Å²) in [6.07, 6.45) is 4.59. The Hall–Kier alpha value is -0.930. The summed E-state index contributed by atoms with van der Waals surface area (Å²) in [5, 5.41) is 3.76. The highest BCUT2D eigenvalue weighted by Gasteiger charge is 2.36. The number of rotatable bonds is 6. The van der Waals surface area contributed by atoms with Gasteiger partial charge in [-0.1, -0.05) is 45.4 Å². The number of hydrogen-bond acceptors (Lipinski definition) is 2. The molecule has 0 amide bonds. The van der Waals surface area contributed by atoms with Crippen LogP contribution in [0.5, 0.6) is 0 Å². The molecule has 0 spiro atoms. The molecule has 1 saturated heterocycles. The first-order valence-electron chi connectivity index (χ1n) is 8.36. The number of nitrogens with one attached hydrogen (secondary N) is 1. The van der Waals surface area contributed by atoms with E-state index in [0.717, 1.165) is 38.0 Å². The van der Waals surface area contributed by atoms with Crippen LogP contribution in [0.3, 0.4) is 0 Å². The Morgan fingerprint density at radius 2 is 1.95 bits per heavy atom. The molecule has 1 fully saturated rings. The Kier molecular flexibility index (Phi) is 5.77. The van der Waals surface area contributed by atoms with Crippen molar-refractivity contribution in [2.24, 2.45) is 0 Å². The number of halogens is 1. The molecule has 3 heteroatoms. The van der Waals surface area contributed by atoms with Crippen LogP contribution in [0.25, 0.3) is 0 Å². The third-order valence-electron chi connectivity index (χ3n) is 5.04. The zero-order chi connectivity index (χ0) is 15.3. The van der Waals surface area contributed by atoms with E-state index in [0.29, 0.717) is 6.04 Å². The lowest BCUT2D eigenvalue weighted by molar-refractivity contribution is 0.0608. The lowest BCUT2D eigenvalue weighted by atomic mass is 9.87. The predicted octanol–water partition coefficient (Wildman–Crippen LogP) is 3.96. The van der Waals surface area contributed by atoms with Crippen molar-refractivity contribution in [3.63, 3.8) is 0 Å². The van der Waals surface area contributed by atoms with Crippen LogP contribution in [0.4, 0.5) is 4.39 Å². The normalized spacial score (nSPS) is 22.4. The Labute approximate surface area is 128 Å². The number of hydrogen-bond donors (Lipinski definition) is 1. The second-order valence-corrected chi connectivity index (χ2v) is 6.31. The van der Waals surface area contributed by atoms with Crippen LogP contribution in [-0.4, -0.2) is 29.6 Å². The summed E-state index contributed by atoms with van der Waals surface area (Å²) in [6, 6.07) is 7.70. The number of piperazine rings is 1. The van der Waals surface area contributed by atoms with Gasteiger partial charge in [0.25, 0.3) is 0 Å². The van der Waals surface area contributed by atoms with E-state index >= 15 is 0 Å². The minimum absolute atomic E-state index is 0.0788. The molecule has 0 aliphatic carbocycles. The predicted molar refractivity (Wildman–Crippen MR) is 86.8 cm³/mol. The Bertz CT molecular complexity index is 443. The first-order chi connectivity index (χ1) is 10.1. The molecule has 0 saturated carbocycles. The SMILES string of the molecule is CCCC1CNC(CC)(CC)CN1Cc1ccccc1F. The third-order valence-corrected chi connectivity index (χ3v) is 5.04. The molecule has 2 rings (SSSR count). The summed E-state index contributed by atoms with van der Waals surface area (Å²) in [7, 11) is 0. The summed E-state index contributed by atoms with van der Waals surface area (Å²) < 4.78 is 14.0. The van der Waals surface area contributed by atoms with Crippen LogP contribution in [0.1, 0.15) is 52.0 Å². The molecule has 1 heterocycles. The monoisotopic (exact) mass is 292 g/mol. The van der Waals surface area contributed by atoms with E-state index in [1.807, 2.05) is 12.1 Å². The maximum Gasteiger partial charge on any atom is 0.127 e. The molecule has 1 unspecified atom stereocenters. The van der Waals surface area contributed by atoms with Gasteiger partial charge in [0.05, 0.1) is 0 Å². The highest BCUT2D eigenvalue weighted by Crippen LogP contribution is 2.26. The quantitative estimate of drug-likeness (QED) is 0.854. The molecule has 0 aromatic heterocycles. The van der Waals surface area contributed by atoms with Crippen LogP contribution in [0.2, 0.25) is 0 Å². The summed E-state index contributed by atoms with van der Waals surface area (Å²) in [4.78, 5) is 2.49. The third kappa shape index (κ3) is 3.83. The van der Waals surface area contributed by atoms with Gasteiger partial charge >= 0.3 is 0 Å². The van der Waals surface area contributed by atoms with E-state index in [4.69, 9.17) is 0 Å². The fourth-order valence-electron chi connectivity index (χ4n) is 3.41. The molecule has 0 radical (unpaired) electrons. The van der Waals surface area contributed by atoms with Crippen molar-refractivity contribution in [1.82, 2.24) is 10.2 Å². The van der Waals surface area contributed by atoms with Crippen molar-refractivity contribution in [3.8, 4) is 0 Å². The van der Waals surface area contributed by atoms with Crippen LogP contribution in [0, 0.1) is 5.82 Å². The second kappa shape index (κ2) is 7.37. The topological polar surface area (TPSA) is 15.3 Å². The van der Waals surface area contributed by atoms with Gasteiger partial charge in [-0.15, -0.1) is 0 Å². The standard InChI is InChI=1S/C18H29FN2/c1-4-9-16-12-20-18(5-2,6-3)14-21(16)13-15-10-7-8-11-17(15)19/h7-8,10-11,16,20H,4-6,9,12-14H2,1-3H3. The Balaban J connectivity index is 2.16. The van der Waals surface area contributed by atoms with Gasteiger partial charge in [-0.2, -0.15) is 0 Å². The minimum atomic E-state index is -0.0788. The van der Waals surface area contributed by atoms with Gasteiger partial charge in [-0.3, -0.25) is 4.90 Å². The maximum absolute atomic E-state index is 14.0. The van der Waals surface area contributed by atoms with Crippen LogP contribution in [-0.2, 0) is 6.54 Å². The van der Waals surface area contributed by atoms with Crippen molar-refractivity contribution in [2.45, 2.75) is 64.6 Å². The molecule has 1 N–H and O–H groups in total. The molecule has 1 aliphatic rings. The van der Waals surface area contributed by atoms with E-state index in [-0.39, 0.29) is 11.4 Å². The van der Waals surface area contributed by atoms with Gasteiger partial charge in [0, 0.05) is 36.8 Å². The Morgan fingerprint density at radius 1 is 1.24 bits per heavy atom. The number of benzene rings is 1. The molecule has 2 nitrogen and oxygen atoms in total. The molecule has 1 aromatic carbocycles. The van der Waals surface area contributed by atoms with Crippen molar-refractivity contribution >= 4 is 0 Å². The lowest BCUT2D eigenvalue weighted by Crippen LogP contribution is -2.63. The lowest BCUT2D eigenvalue weighted by Gasteiger charge is -2.47. The van der Waals surface area contributed by atoms with E-state index in [1.54, 1.807) is 12.1 Å². The molecular formula is C18H29FN2. The van der Waals surface area contributed by atoms with Gasteiger partial charge in [0.2, 0.25) is 0 Å². The van der Waals surface area contributed by atoms with Crippen LogP contribution < -0.4 is 5.32 Å². The van der Waals surface area contributed by atoms with Gasteiger partial charge in [-0.25, -0.2) is 4.39 Å². The summed E-state index contributed by atoms with van der Waals surface area (Å²) in [5.74, 6) is -0.0788. The van der Waals surface area contributed by atoms with E-state index in [1.165, 1.54) is 12.8 Å². The van der Waals surface area contributed by atoms with E-state index in [9.17, 15) is 4.39 Å². The van der Waals surface area contributed by atoms with Crippen molar-refractivity contribution < 1.29 is 4.39 Å². The van der Waals surface area contributed by atoms with Gasteiger partial charge in [-0.05, 0) is 25.3 Å². The number of nitrogens with zero attached hydrogens (tertiary/aromatic N) is 1. The fraction of sp³-hybridized carbons (Fsp3) is 0.667. The first-order valence-corrected chi connectivity index (χ1v) is 8.36. The molecule has 118 valence electrons. The molecule has 0 bridgehead atoms. The smallest absolute Gasteiger partial charge is 0.127 e. The highest BCUT2D eigenvalue weighted by molar-refractivity contribution is 5.17.